The van der Waals surface area contributed by atoms with E-state index in [0.29, 0.717) is 12.4 Å². The van der Waals surface area contributed by atoms with Crippen molar-refractivity contribution in [1.29, 1.82) is 0 Å². The zero-order chi connectivity index (χ0) is 14.4. The highest BCUT2D eigenvalue weighted by molar-refractivity contribution is 9.10. The van der Waals surface area contributed by atoms with E-state index in [1.54, 1.807) is 6.92 Å². The minimum atomic E-state index is -0.577. The fraction of sp³-hybridized carbons (Fsp3) is 0.250. The molecule has 2 aromatic rings. The van der Waals surface area contributed by atoms with E-state index in [4.69, 9.17) is 9.47 Å². The first-order valence-electron chi connectivity index (χ1n) is 6.39. The topological polar surface area (TPSA) is 38.7 Å². The molecule has 0 amide bonds. The third kappa shape index (κ3) is 4.34. The quantitative estimate of drug-likeness (QED) is 0.638. The van der Waals surface area contributed by atoms with E-state index in [1.807, 2.05) is 48.5 Å². The molecule has 0 aromatic heterocycles. The summed E-state index contributed by atoms with van der Waals surface area (Å²) in [5, 5.41) is 9.69. The number of benzene rings is 2. The molecule has 3 nitrogen and oxygen atoms in total. The van der Waals surface area contributed by atoms with Gasteiger partial charge in [0.05, 0.1) is 12.7 Å². The van der Waals surface area contributed by atoms with Gasteiger partial charge in [0.1, 0.15) is 5.75 Å². The number of aliphatic hydroxyl groups is 1. The van der Waals surface area contributed by atoms with Crippen LogP contribution in [0.1, 0.15) is 24.2 Å². The Morgan fingerprint density at radius 3 is 2.60 bits per heavy atom. The molecular weight excluding hydrogens is 320 g/mol. The Morgan fingerprint density at radius 1 is 1.15 bits per heavy atom. The smallest absolute Gasteiger partial charge is 0.189 e. The Hall–Kier alpha value is -1.36. The Morgan fingerprint density at radius 2 is 1.90 bits per heavy atom. The van der Waals surface area contributed by atoms with Crippen molar-refractivity contribution in [1.82, 2.24) is 0 Å². The van der Waals surface area contributed by atoms with Crippen molar-refractivity contribution in [3.05, 3.63) is 64.1 Å². The maximum Gasteiger partial charge on any atom is 0.189 e. The first-order chi connectivity index (χ1) is 9.66. The van der Waals surface area contributed by atoms with Gasteiger partial charge in [-0.1, -0.05) is 52.3 Å². The van der Waals surface area contributed by atoms with Gasteiger partial charge in [-0.3, -0.25) is 0 Å². The largest absolute Gasteiger partial charge is 0.467 e. The summed E-state index contributed by atoms with van der Waals surface area (Å²) in [4.78, 5) is 0. The highest BCUT2D eigenvalue weighted by Crippen LogP contribution is 2.28. The Bertz CT molecular complexity index is 541. The third-order valence-corrected chi connectivity index (χ3v) is 3.33. The van der Waals surface area contributed by atoms with Gasteiger partial charge in [0.2, 0.25) is 0 Å². The predicted octanol–water partition coefficient (Wildman–Crippen LogP) is 4.06. The standard InChI is InChI=1S/C16H17BrO3/c1-12(18)15-8-7-14(17)9-16(15)20-11-19-10-13-5-3-2-4-6-13/h2-9,12,18H,10-11H2,1H3/t12-/m0/s1. The summed E-state index contributed by atoms with van der Waals surface area (Å²) in [5.74, 6) is 0.627. The number of hydrogen-bond donors (Lipinski definition) is 1. The monoisotopic (exact) mass is 336 g/mol. The summed E-state index contributed by atoms with van der Waals surface area (Å²) in [5.41, 5.74) is 1.85. The van der Waals surface area contributed by atoms with Crippen molar-refractivity contribution in [3.8, 4) is 5.75 Å². The molecule has 0 saturated heterocycles. The lowest BCUT2D eigenvalue weighted by Crippen LogP contribution is -2.06. The molecule has 0 saturated carbocycles. The van der Waals surface area contributed by atoms with Crippen LogP contribution >= 0.6 is 15.9 Å². The lowest BCUT2D eigenvalue weighted by atomic mass is 10.1. The third-order valence-electron chi connectivity index (χ3n) is 2.84. The summed E-state index contributed by atoms with van der Waals surface area (Å²) >= 11 is 3.39. The minimum absolute atomic E-state index is 0.144. The van der Waals surface area contributed by atoms with Gasteiger partial charge in [0, 0.05) is 10.0 Å². The average Bonchev–Trinajstić information content (AvgIpc) is 2.44. The van der Waals surface area contributed by atoms with Crippen LogP contribution in [0.3, 0.4) is 0 Å². The molecule has 4 heteroatoms. The van der Waals surface area contributed by atoms with E-state index in [1.165, 1.54) is 0 Å². The second kappa shape index (κ2) is 7.43. The molecule has 0 aliphatic rings. The summed E-state index contributed by atoms with van der Waals surface area (Å²) in [6.45, 7) is 2.35. The second-order valence-electron chi connectivity index (χ2n) is 4.45. The van der Waals surface area contributed by atoms with Crippen LogP contribution in [0.4, 0.5) is 0 Å². The molecule has 20 heavy (non-hydrogen) atoms. The van der Waals surface area contributed by atoms with Crippen molar-refractivity contribution < 1.29 is 14.6 Å². The van der Waals surface area contributed by atoms with E-state index >= 15 is 0 Å². The van der Waals surface area contributed by atoms with E-state index in [2.05, 4.69) is 15.9 Å². The predicted molar refractivity (Wildman–Crippen MR) is 81.5 cm³/mol. The van der Waals surface area contributed by atoms with Crippen LogP contribution in [0, 0.1) is 0 Å². The van der Waals surface area contributed by atoms with Gasteiger partial charge in [-0.05, 0) is 24.6 Å². The van der Waals surface area contributed by atoms with Crippen LogP contribution in [-0.4, -0.2) is 11.9 Å². The minimum Gasteiger partial charge on any atom is -0.467 e. The van der Waals surface area contributed by atoms with Gasteiger partial charge in [-0.2, -0.15) is 0 Å². The molecule has 2 rings (SSSR count). The molecular formula is C16H17BrO3. The summed E-state index contributed by atoms with van der Waals surface area (Å²) < 4.78 is 12.0. The lowest BCUT2D eigenvalue weighted by molar-refractivity contribution is 0.00339. The molecule has 0 heterocycles. The number of hydrogen-bond acceptors (Lipinski definition) is 3. The van der Waals surface area contributed by atoms with Crippen LogP contribution in [0.2, 0.25) is 0 Å². The molecule has 1 N–H and O–H groups in total. The SMILES string of the molecule is C[C@H](O)c1ccc(Br)cc1OCOCc1ccccc1. The van der Waals surface area contributed by atoms with Crippen molar-refractivity contribution >= 4 is 15.9 Å². The molecule has 0 radical (unpaired) electrons. The maximum absolute atomic E-state index is 9.69. The van der Waals surface area contributed by atoms with E-state index < -0.39 is 6.10 Å². The van der Waals surface area contributed by atoms with Crippen LogP contribution in [0.25, 0.3) is 0 Å². The van der Waals surface area contributed by atoms with E-state index in [9.17, 15) is 5.11 Å². The van der Waals surface area contributed by atoms with Crippen molar-refractivity contribution in [2.24, 2.45) is 0 Å². The van der Waals surface area contributed by atoms with E-state index in [0.717, 1.165) is 15.6 Å². The Balaban J connectivity index is 1.89. The zero-order valence-electron chi connectivity index (χ0n) is 11.3. The number of halogens is 1. The van der Waals surface area contributed by atoms with Gasteiger partial charge in [-0.15, -0.1) is 0 Å². The molecule has 2 aromatic carbocycles. The average molecular weight is 337 g/mol. The summed E-state index contributed by atoms with van der Waals surface area (Å²) in [6.07, 6.45) is -0.577. The van der Waals surface area contributed by atoms with Gasteiger partial charge < -0.3 is 14.6 Å². The van der Waals surface area contributed by atoms with Crippen LogP contribution in [0.15, 0.2) is 53.0 Å². The molecule has 0 aliphatic carbocycles. The number of rotatable bonds is 6. The van der Waals surface area contributed by atoms with Crippen molar-refractivity contribution in [2.75, 3.05) is 6.79 Å². The van der Waals surface area contributed by atoms with Crippen molar-refractivity contribution in [2.45, 2.75) is 19.6 Å². The molecule has 0 fully saturated rings. The first kappa shape index (κ1) is 15.0. The van der Waals surface area contributed by atoms with Crippen molar-refractivity contribution in [3.63, 3.8) is 0 Å². The molecule has 0 aliphatic heterocycles. The lowest BCUT2D eigenvalue weighted by Gasteiger charge is -2.14. The molecule has 106 valence electrons. The zero-order valence-corrected chi connectivity index (χ0v) is 12.8. The Kier molecular flexibility index (Phi) is 5.59. The fourth-order valence-corrected chi connectivity index (χ4v) is 2.16. The fourth-order valence-electron chi connectivity index (χ4n) is 1.82. The molecule has 0 unspecified atom stereocenters. The maximum atomic E-state index is 9.69. The second-order valence-corrected chi connectivity index (χ2v) is 5.37. The summed E-state index contributed by atoms with van der Waals surface area (Å²) in [6, 6.07) is 15.4. The van der Waals surface area contributed by atoms with Crippen LogP contribution in [-0.2, 0) is 11.3 Å². The Labute approximate surface area is 127 Å². The highest BCUT2D eigenvalue weighted by Gasteiger charge is 2.09. The number of ether oxygens (including phenoxy) is 2. The van der Waals surface area contributed by atoms with Gasteiger partial charge in [-0.25, -0.2) is 0 Å². The first-order valence-corrected chi connectivity index (χ1v) is 7.18. The van der Waals surface area contributed by atoms with Gasteiger partial charge in [0.25, 0.3) is 0 Å². The van der Waals surface area contributed by atoms with E-state index in [-0.39, 0.29) is 6.79 Å². The normalized spacial score (nSPS) is 12.2. The van der Waals surface area contributed by atoms with Gasteiger partial charge in [0.15, 0.2) is 6.79 Å². The van der Waals surface area contributed by atoms with Crippen LogP contribution in [0.5, 0.6) is 5.75 Å². The highest BCUT2D eigenvalue weighted by atomic mass is 79.9. The van der Waals surface area contributed by atoms with Crippen LogP contribution < -0.4 is 4.74 Å². The van der Waals surface area contributed by atoms with Gasteiger partial charge >= 0.3 is 0 Å². The summed E-state index contributed by atoms with van der Waals surface area (Å²) in [7, 11) is 0. The molecule has 1 atom stereocenters. The molecule has 0 spiro atoms. The molecule has 0 bridgehead atoms. The number of aliphatic hydroxyl groups excluding tert-OH is 1.